The third kappa shape index (κ3) is 5.38. The van der Waals surface area contributed by atoms with E-state index < -0.39 is 17.5 Å². The molecule has 142 valence electrons. The lowest BCUT2D eigenvalue weighted by atomic mass is 10.2. The van der Waals surface area contributed by atoms with Gasteiger partial charge in [-0.05, 0) is 38.1 Å². The van der Waals surface area contributed by atoms with Gasteiger partial charge in [0.1, 0.15) is 11.0 Å². The first kappa shape index (κ1) is 20.1. The maximum Gasteiger partial charge on any atom is 0.573 e. The Hall–Kier alpha value is -2.23. The summed E-state index contributed by atoms with van der Waals surface area (Å²) in [6.45, 7) is 4.70. The van der Waals surface area contributed by atoms with Crippen molar-refractivity contribution >= 4 is 34.4 Å². The van der Waals surface area contributed by atoms with Gasteiger partial charge in [0, 0.05) is 25.2 Å². The highest BCUT2D eigenvalue weighted by molar-refractivity contribution is 8.15. The number of ether oxygens (including phenoxy) is 1. The van der Waals surface area contributed by atoms with Gasteiger partial charge in [0.25, 0.3) is 0 Å². The lowest BCUT2D eigenvalue weighted by Gasteiger charge is -2.13. The summed E-state index contributed by atoms with van der Waals surface area (Å²) in [5, 5.41) is 2.60. The molecular weight excluding hydrogens is 371 g/mol. The number of nitrogens with zero attached hydrogens (tertiary/aromatic N) is 2. The van der Waals surface area contributed by atoms with Gasteiger partial charge in [0.2, 0.25) is 11.8 Å². The molecular formula is C16H18F3N3O3S. The quantitative estimate of drug-likeness (QED) is 0.811. The van der Waals surface area contributed by atoms with Crippen molar-refractivity contribution in [1.29, 1.82) is 0 Å². The Morgan fingerprint density at radius 1 is 1.31 bits per heavy atom. The molecule has 1 heterocycles. The molecule has 1 aliphatic rings. The molecule has 0 saturated carbocycles. The van der Waals surface area contributed by atoms with Gasteiger partial charge in [-0.3, -0.25) is 19.5 Å². The highest BCUT2D eigenvalue weighted by atomic mass is 32.2. The van der Waals surface area contributed by atoms with Crippen LogP contribution in [0.25, 0.3) is 0 Å². The molecule has 1 saturated heterocycles. The van der Waals surface area contributed by atoms with E-state index in [0.29, 0.717) is 23.9 Å². The van der Waals surface area contributed by atoms with Crippen molar-refractivity contribution < 1.29 is 27.5 Å². The number of benzene rings is 1. The molecule has 0 spiro atoms. The molecule has 6 nitrogen and oxygen atoms in total. The number of thioether (sulfide) groups is 1. The first-order chi connectivity index (χ1) is 12.2. The minimum Gasteiger partial charge on any atom is -0.406 e. The third-order valence-electron chi connectivity index (χ3n) is 3.37. The number of halogens is 3. The van der Waals surface area contributed by atoms with Crippen LogP contribution < -0.4 is 10.1 Å². The van der Waals surface area contributed by atoms with E-state index in [0.717, 1.165) is 12.1 Å². The summed E-state index contributed by atoms with van der Waals surface area (Å²) in [5.41, 5.74) is 0.315. The number of anilines is 1. The Morgan fingerprint density at radius 2 is 1.96 bits per heavy atom. The minimum absolute atomic E-state index is 0.0520. The smallest absolute Gasteiger partial charge is 0.406 e. The zero-order chi connectivity index (χ0) is 19.3. The van der Waals surface area contributed by atoms with Gasteiger partial charge in [0.15, 0.2) is 5.17 Å². The molecule has 10 heteroatoms. The molecule has 1 fully saturated rings. The lowest BCUT2D eigenvalue weighted by Crippen LogP contribution is -2.33. The van der Waals surface area contributed by atoms with E-state index >= 15 is 0 Å². The number of amidine groups is 1. The highest BCUT2D eigenvalue weighted by Crippen LogP contribution is 2.30. The number of hydrogen-bond acceptors (Lipinski definition) is 5. The molecule has 0 aromatic heterocycles. The van der Waals surface area contributed by atoms with Crippen molar-refractivity contribution in [3.8, 4) is 5.75 Å². The van der Waals surface area contributed by atoms with Crippen LogP contribution in [0.1, 0.15) is 20.3 Å². The molecule has 1 aromatic rings. The first-order valence-corrected chi connectivity index (χ1v) is 8.79. The zero-order valence-electron chi connectivity index (χ0n) is 14.2. The van der Waals surface area contributed by atoms with E-state index in [4.69, 9.17) is 0 Å². The fraction of sp³-hybridized carbons (Fsp3) is 0.438. The number of amides is 2. The molecule has 1 N–H and O–H groups in total. The summed E-state index contributed by atoms with van der Waals surface area (Å²) in [6, 6.07) is 4.79. The van der Waals surface area contributed by atoms with Crippen molar-refractivity contribution in [2.75, 3.05) is 18.4 Å². The fourth-order valence-corrected chi connectivity index (χ4v) is 3.57. The molecule has 1 aliphatic heterocycles. The van der Waals surface area contributed by atoms with Crippen LogP contribution in [-0.4, -0.2) is 46.6 Å². The van der Waals surface area contributed by atoms with Gasteiger partial charge in [-0.25, -0.2) is 0 Å². The van der Waals surface area contributed by atoms with Crippen LogP contribution in [0, 0.1) is 0 Å². The van der Waals surface area contributed by atoms with E-state index in [1.807, 2.05) is 13.8 Å². The van der Waals surface area contributed by atoms with Crippen LogP contribution >= 0.6 is 11.8 Å². The Labute approximate surface area is 152 Å². The van der Waals surface area contributed by atoms with Crippen molar-refractivity contribution in [3.05, 3.63) is 24.3 Å². The molecule has 0 unspecified atom stereocenters. The standard InChI is InChI=1S/C16H18F3N3O3S/c1-3-20-15-22(4-2)14(24)12(26-15)9-13(23)21-10-5-7-11(8-6-10)25-16(17,18)19/h5-8,12H,3-4,9H2,1-2H3,(H,21,23)/t12-/m1/s1. The Bertz CT molecular complexity index is 692. The molecule has 2 amide bonds. The predicted octanol–water partition coefficient (Wildman–Crippen LogP) is 3.25. The summed E-state index contributed by atoms with van der Waals surface area (Å²) >= 11 is 1.24. The lowest BCUT2D eigenvalue weighted by molar-refractivity contribution is -0.274. The van der Waals surface area contributed by atoms with Crippen LogP contribution in [0.5, 0.6) is 5.75 Å². The van der Waals surface area contributed by atoms with Crippen molar-refractivity contribution in [2.45, 2.75) is 31.9 Å². The molecule has 2 rings (SSSR count). The maximum absolute atomic E-state index is 12.3. The number of alkyl halides is 3. The van der Waals surface area contributed by atoms with Crippen LogP contribution in [0.15, 0.2) is 29.3 Å². The highest BCUT2D eigenvalue weighted by Gasteiger charge is 2.38. The second-order valence-corrected chi connectivity index (χ2v) is 6.44. The normalized spacial score (nSPS) is 19.1. The van der Waals surface area contributed by atoms with Crippen LogP contribution in [0.3, 0.4) is 0 Å². The molecule has 1 atom stereocenters. The van der Waals surface area contributed by atoms with Crippen LogP contribution in [-0.2, 0) is 9.59 Å². The average molecular weight is 389 g/mol. The summed E-state index contributed by atoms with van der Waals surface area (Å²) in [7, 11) is 0. The minimum atomic E-state index is -4.77. The van der Waals surface area contributed by atoms with Gasteiger partial charge in [-0.2, -0.15) is 0 Å². The topological polar surface area (TPSA) is 71.0 Å². The molecule has 26 heavy (non-hydrogen) atoms. The summed E-state index contributed by atoms with van der Waals surface area (Å²) in [6.07, 6.45) is -4.82. The summed E-state index contributed by atoms with van der Waals surface area (Å²) < 4.78 is 40.1. The van der Waals surface area contributed by atoms with Crippen molar-refractivity contribution in [3.63, 3.8) is 0 Å². The SMILES string of the molecule is CCN=C1S[C@H](CC(=O)Nc2ccc(OC(F)(F)F)cc2)C(=O)N1CC. The van der Waals surface area contributed by atoms with E-state index in [1.54, 1.807) is 0 Å². The fourth-order valence-electron chi connectivity index (χ4n) is 2.31. The van der Waals surface area contributed by atoms with Crippen molar-refractivity contribution in [1.82, 2.24) is 4.90 Å². The molecule has 0 radical (unpaired) electrons. The number of aliphatic imine (C=N–C) groups is 1. The van der Waals surface area contributed by atoms with E-state index in [-0.39, 0.29) is 18.1 Å². The monoisotopic (exact) mass is 389 g/mol. The second kappa shape index (κ2) is 8.43. The van der Waals surface area contributed by atoms with Gasteiger partial charge in [-0.15, -0.1) is 13.2 Å². The number of carbonyl (C=O) groups excluding carboxylic acids is 2. The molecule has 1 aromatic carbocycles. The van der Waals surface area contributed by atoms with Gasteiger partial charge < -0.3 is 10.1 Å². The average Bonchev–Trinajstić information content (AvgIpc) is 2.83. The largest absolute Gasteiger partial charge is 0.573 e. The summed E-state index contributed by atoms with van der Waals surface area (Å²) in [4.78, 5) is 30.2. The van der Waals surface area contributed by atoms with Crippen molar-refractivity contribution in [2.24, 2.45) is 4.99 Å². The van der Waals surface area contributed by atoms with Gasteiger partial charge in [0.05, 0.1) is 0 Å². The Balaban J connectivity index is 1.94. The van der Waals surface area contributed by atoms with Gasteiger partial charge in [-0.1, -0.05) is 11.8 Å². The second-order valence-electron chi connectivity index (χ2n) is 5.27. The number of hydrogen-bond donors (Lipinski definition) is 1. The Kier molecular flexibility index (Phi) is 6.52. The van der Waals surface area contributed by atoms with E-state index in [2.05, 4.69) is 15.0 Å². The molecule has 0 aliphatic carbocycles. The molecule has 0 bridgehead atoms. The van der Waals surface area contributed by atoms with Gasteiger partial charge >= 0.3 is 6.36 Å². The van der Waals surface area contributed by atoms with E-state index in [1.165, 1.54) is 28.8 Å². The van der Waals surface area contributed by atoms with Crippen LogP contribution in [0.2, 0.25) is 0 Å². The third-order valence-corrected chi connectivity index (χ3v) is 4.59. The zero-order valence-corrected chi connectivity index (χ0v) is 15.0. The van der Waals surface area contributed by atoms with E-state index in [9.17, 15) is 22.8 Å². The number of carbonyl (C=O) groups is 2. The predicted molar refractivity (Wildman–Crippen MR) is 93.1 cm³/mol. The number of rotatable bonds is 6. The number of nitrogens with one attached hydrogen (secondary N) is 1. The van der Waals surface area contributed by atoms with Crippen LogP contribution in [0.4, 0.5) is 18.9 Å². The Morgan fingerprint density at radius 3 is 2.50 bits per heavy atom. The summed E-state index contributed by atoms with van der Waals surface area (Å²) in [5.74, 6) is -0.959. The first-order valence-electron chi connectivity index (χ1n) is 7.91. The maximum atomic E-state index is 12.3.